The maximum absolute atomic E-state index is 12.9. The predicted molar refractivity (Wildman–Crippen MR) is 142 cm³/mol. The molecule has 202 valence electrons. The van der Waals surface area contributed by atoms with Gasteiger partial charge in [0.1, 0.15) is 16.2 Å². The summed E-state index contributed by atoms with van der Waals surface area (Å²) in [6, 6.07) is 11.2. The van der Waals surface area contributed by atoms with Gasteiger partial charge in [-0.05, 0) is 70.0 Å². The van der Waals surface area contributed by atoms with Gasteiger partial charge in [0.2, 0.25) is 11.9 Å². The van der Waals surface area contributed by atoms with Gasteiger partial charge in [-0.25, -0.2) is 9.78 Å². The van der Waals surface area contributed by atoms with Crippen molar-refractivity contribution in [3.8, 4) is 5.75 Å². The summed E-state index contributed by atoms with van der Waals surface area (Å²) in [4.78, 5) is 35.4. The molecule has 2 fully saturated rings. The predicted octanol–water partition coefficient (Wildman–Crippen LogP) is 3.74. The van der Waals surface area contributed by atoms with Crippen LogP contribution in [0.5, 0.6) is 5.75 Å². The standard InChI is InChI=1S/C26H31N5O6S/c1-26(2,3)36-25(33)31-14-12-30(13-15-31)18-6-9-20(10-7-18)38(34,35)37-19-8-11-21-22(16-19)28-24(27-21)29-23(32)17-4-5-17/h6-11,16-17H,4-5,12-15H2,1-3H3,(H2,27,28,29,32). The van der Waals surface area contributed by atoms with Gasteiger partial charge in [0, 0.05) is 43.9 Å². The number of carbonyl (C=O) groups excluding carboxylic acids is 2. The van der Waals surface area contributed by atoms with Crippen molar-refractivity contribution in [3.05, 3.63) is 42.5 Å². The van der Waals surface area contributed by atoms with Gasteiger partial charge in [-0.1, -0.05) is 0 Å². The molecule has 38 heavy (non-hydrogen) atoms. The number of nitrogens with one attached hydrogen (secondary N) is 2. The van der Waals surface area contributed by atoms with Crippen molar-refractivity contribution >= 4 is 44.8 Å². The number of aromatic nitrogens is 2. The number of anilines is 2. The van der Waals surface area contributed by atoms with Crippen molar-refractivity contribution in [2.75, 3.05) is 36.4 Å². The minimum absolute atomic E-state index is 0.0214. The molecule has 3 aromatic rings. The number of piperazine rings is 1. The average Bonchev–Trinajstić information content (AvgIpc) is 3.64. The van der Waals surface area contributed by atoms with Crippen LogP contribution < -0.4 is 14.4 Å². The molecule has 1 aliphatic carbocycles. The summed E-state index contributed by atoms with van der Waals surface area (Å²) in [5.41, 5.74) is 1.44. The number of hydrogen-bond acceptors (Lipinski definition) is 8. The highest BCUT2D eigenvalue weighted by atomic mass is 32.2. The Kier molecular flexibility index (Phi) is 6.68. The zero-order valence-corrected chi connectivity index (χ0v) is 22.4. The molecule has 1 saturated carbocycles. The number of fused-ring (bicyclic) bond motifs is 1. The Morgan fingerprint density at radius 2 is 1.71 bits per heavy atom. The van der Waals surface area contributed by atoms with Crippen molar-refractivity contribution in [2.24, 2.45) is 5.92 Å². The minimum Gasteiger partial charge on any atom is -0.444 e. The third-order valence-corrected chi connectivity index (χ3v) is 7.53. The molecule has 0 atom stereocenters. The number of carbonyl (C=O) groups is 2. The van der Waals surface area contributed by atoms with Crippen molar-refractivity contribution in [1.82, 2.24) is 14.9 Å². The number of benzene rings is 2. The fourth-order valence-corrected chi connectivity index (χ4v) is 5.06. The lowest BCUT2D eigenvalue weighted by Crippen LogP contribution is -2.50. The molecule has 1 aliphatic heterocycles. The molecule has 2 amide bonds. The third-order valence-electron chi connectivity index (χ3n) is 6.27. The summed E-state index contributed by atoms with van der Waals surface area (Å²) in [6.45, 7) is 7.75. The van der Waals surface area contributed by atoms with E-state index in [1.54, 1.807) is 23.1 Å². The molecule has 12 heteroatoms. The fourth-order valence-electron chi connectivity index (χ4n) is 4.13. The van der Waals surface area contributed by atoms with E-state index in [0.717, 1.165) is 18.5 Å². The lowest BCUT2D eigenvalue weighted by atomic mass is 10.2. The SMILES string of the molecule is CC(C)(C)OC(=O)N1CCN(c2ccc(S(=O)(=O)Oc3ccc4[nH]c(NC(=O)C5CC5)nc4c3)cc2)CC1. The molecular formula is C26H31N5O6S. The van der Waals surface area contributed by atoms with E-state index in [1.165, 1.54) is 24.3 Å². The number of rotatable bonds is 6. The van der Waals surface area contributed by atoms with E-state index >= 15 is 0 Å². The van der Waals surface area contributed by atoms with Crippen molar-refractivity contribution in [2.45, 2.75) is 44.1 Å². The van der Waals surface area contributed by atoms with Crippen LogP contribution in [0.3, 0.4) is 0 Å². The first-order valence-electron chi connectivity index (χ1n) is 12.5. The normalized spacial score (nSPS) is 16.4. The number of amides is 2. The smallest absolute Gasteiger partial charge is 0.410 e. The topological polar surface area (TPSA) is 134 Å². The third kappa shape index (κ3) is 6.01. The van der Waals surface area contributed by atoms with E-state index in [1.807, 2.05) is 20.8 Å². The Labute approximate surface area is 221 Å². The van der Waals surface area contributed by atoms with Gasteiger partial charge in [0.05, 0.1) is 11.0 Å². The number of ether oxygens (including phenoxy) is 1. The second-order valence-corrected chi connectivity index (χ2v) is 12.1. The molecule has 11 nitrogen and oxygen atoms in total. The number of aromatic amines is 1. The fraction of sp³-hybridized carbons (Fsp3) is 0.423. The molecule has 5 rings (SSSR count). The first-order chi connectivity index (χ1) is 18.0. The molecule has 2 N–H and O–H groups in total. The highest BCUT2D eigenvalue weighted by Crippen LogP contribution is 2.30. The molecular weight excluding hydrogens is 510 g/mol. The zero-order chi connectivity index (χ0) is 27.1. The van der Waals surface area contributed by atoms with Crippen LogP contribution in [0.15, 0.2) is 47.4 Å². The molecule has 1 saturated heterocycles. The quantitative estimate of drug-likeness (QED) is 0.451. The summed E-state index contributed by atoms with van der Waals surface area (Å²) < 4.78 is 36.6. The maximum Gasteiger partial charge on any atom is 0.410 e. The molecule has 1 aromatic heterocycles. The summed E-state index contributed by atoms with van der Waals surface area (Å²) >= 11 is 0. The van der Waals surface area contributed by atoms with E-state index in [2.05, 4.69) is 20.2 Å². The van der Waals surface area contributed by atoms with Crippen molar-refractivity contribution in [1.29, 1.82) is 0 Å². The number of hydrogen-bond donors (Lipinski definition) is 2. The summed E-state index contributed by atoms with van der Waals surface area (Å²) in [5, 5.41) is 2.74. The number of nitrogens with zero attached hydrogens (tertiary/aromatic N) is 3. The first kappa shape index (κ1) is 25.8. The van der Waals surface area contributed by atoms with Crippen LogP contribution in [-0.2, 0) is 19.6 Å². The first-order valence-corrected chi connectivity index (χ1v) is 14.0. The molecule has 0 spiro atoms. The van der Waals surface area contributed by atoms with Gasteiger partial charge < -0.3 is 23.7 Å². The molecule has 2 heterocycles. The van der Waals surface area contributed by atoms with E-state index < -0.39 is 15.7 Å². The Morgan fingerprint density at radius 3 is 2.34 bits per heavy atom. The van der Waals surface area contributed by atoms with Crippen LogP contribution in [0.1, 0.15) is 33.6 Å². The monoisotopic (exact) mass is 541 g/mol. The van der Waals surface area contributed by atoms with Gasteiger partial charge in [-0.2, -0.15) is 8.42 Å². The Hall–Kier alpha value is -3.80. The van der Waals surface area contributed by atoms with Gasteiger partial charge in [0.25, 0.3) is 0 Å². The molecule has 0 radical (unpaired) electrons. The van der Waals surface area contributed by atoms with E-state index in [0.29, 0.717) is 43.2 Å². The second kappa shape index (κ2) is 9.82. The van der Waals surface area contributed by atoms with Gasteiger partial charge >= 0.3 is 16.2 Å². The van der Waals surface area contributed by atoms with Crippen LogP contribution >= 0.6 is 0 Å². The van der Waals surface area contributed by atoms with E-state index in [9.17, 15) is 18.0 Å². The largest absolute Gasteiger partial charge is 0.444 e. The summed E-state index contributed by atoms with van der Waals surface area (Å²) in [5.74, 6) is 0.405. The lowest BCUT2D eigenvalue weighted by Gasteiger charge is -2.36. The van der Waals surface area contributed by atoms with Crippen LogP contribution in [0.25, 0.3) is 11.0 Å². The summed E-state index contributed by atoms with van der Waals surface area (Å²) in [6.07, 6.45) is 1.43. The van der Waals surface area contributed by atoms with E-state index in [4.69, 9.17) is 8.92 Å². The molecule has 2 aromatic carbocycles. The molecule has 0 bridgehead atoms. The van der Waals surface area contributed by atoms with Crippen LogP contribution in [0.2, 0.25) is 0 Å². The molecule has 2 aliphatic rings. The average molecular weight is 542 g/mol. The van der Waals surface area contributed by atoms with E-state index in [-0.39, 0.29) is 28.6 Å². The minimum atomic E-state index is -4.08. The summed E-state index contributed by atoms with van der Waals surface area (Å²) in [7, 11) is -4.08. The maximum atomic E-state index is 12.9. The van der Waals surface area contributed by atoms with Crippen LogP contribution in [0.4, 0.5) is 16.4 Å². The Balaban J connectivity index is 1.20. The zero-order valence-electron chi connectivity index (χ0n) is 21.6. The number of H-pyrrole nitrogens is 1. The van der Waals surface area contributed by atoms with Crippen LogP contribution in [-0.4, -0.2) is 67.1 Å². The Bertz CT molecular complexity index is 1450. The lowest BCUT2D eigenvalue weighted by molar-refractivity contribution is -0.117. The van der Waals surface area contributed by atoms with Gasteiger partial charge in [0.15, 0.2) is 0 Å². The van der Waals surface area contributed by atoms with Crippen molar-refractivity contribution < 1.29 is 26.9 Å². The Morgan fingerprint density at radius 1 is 1.03 bits per heavy atom. The molecule has 0 unspecified atom stereocenters. The highest BCUT2D eigenvalue weighted by molar-refractivity contribution is 7.87. The van der Waals surface area contributed by atoms with Crippen LogP contribution in [0, 0.1) is 5.92 Å². The van der Waals surface area contributed by atoms with Gasteiger partial charge in [-0.3, -0.25) is 10.1 Å². The second-order valence-electron chi connectivity index (χ2n) is 10.5. The van der Waals surface area contributed by atoms with Crippen molar-refractivity contribution in [3.63, 3.8) is 0 Å². The highest BCUT2D eigenvalue weighted by Gasteiger charge is 2.30. The number of imidazole rings is 1. The van der Waals surface area contributed by atoms with Gasteiger partial charge in [-0.15, -0.1) is 0 Å².